The molecule has 0 saturated carbocycles. The molecule has 0 unspecified atom stereocenters. The zero-order valence-electron chi connectivity index (χ0n) is 7.28. The van der Waals surface area contributed by atoms with Gasteiger partial charge in [0.1, 0.15) is 0 Å². The van der Waals surface area contributed by atoms with Gasteiger partial charge in [-0.15, -0.1) is 0 Å². The van der Waals surface area contributed by atoms with Crippen molar-refractivity contribution in [3.8, 4) is 0 Å². The molecule has 0 fully saturated rings. The fraction of sp³-hybridized carbons (Fsp3) is 0.200. The van der Waals surface area contributed by atoms with Gasteiger partial charge in [-0.1, -0.05) is 18.2 Å². The first-order valence-electron chi connectivity index (χ1n) is 4.12. The molecule has 1 aliphatic rings. The van der Waals surface area contributed by atoms with Crippen molar-refractivity contribution in [1.29, 1.82) is 0 Å². The molecule has 0 saturated heterocycles. The van der Waals surface area contributed by atoms with E-state index < -0.39 is 0 Å². The van der Waals surface area contributed by atoms with Crippen molar-refractivity contribution in [2.24, 2.45) is 0 Å². The Labute approximate surface area is 74.7 Å². The molecule has 13 heavy (non-hydrogen) atoms. The van der Waals surface area contributed by atoms with Gasteiger partial charge in [-0.05, 0) is 12.5 Å². The van der Waals surface area contributed by atoms with Gasteiger partial charge in [-0.25, -0.2) is 9.78 Å². The van der Waals surface area contributed by atoms with Crippen molar-refractivity contribution in [3.05, 3.63) is 39.0 Å². The summed E-state index contributed by atoms with van der Waals surface area (Å²) in [6.07, 6.45) is 8.26. The Morgan fingerprint density at radius 3 is 3.23 bits per heavy atom. The average Bonchev–Trinajstić information content (AvgIpc) is 2.28. The monoisotopic (exact) mass is 175 g/mol. The van der Waals surface area contributed by atoms with Gasteiger partial charge in [0.25, 0.3) is 0 Å². The summed E-state index contributed by atoms with van der Waals surface area (Å²) in [5.74, 6) is 0.406. The van der Waals surface area contributed by atoms with Crippen molar-refractivity contribution < 1.29 is 4.42 Å². The van der Waals surface area contributed by atoms with Gasteiger partial charge in [0, 0.05) is 6.92 Å². The van der Waals surface area contributed by atoms with E-state index in [4.69, 9.17) is 4.42 Å². The highest BCUT2D eigenvalue weighted by Crippen LogP contribution is 1.87. The molecule has 66 valence electrons. The highest BCUT2D eigenvalue weighted by molar-refractivity contribution is 5.41. The Hall–Kier alpha value is -1.64. The molecule has 0 N–H and O–H groups in total. The highest BCUT2D eigenvalue weighted by Gasteiger charge is 1.98. The van der Waals surface area contributed by atoms with Gasteiger partial charge in [0.2, 0.25) is 0 Å². The predicted molar refractivity (Wildman–Crippen MR) is 49.4 cm³/mol. The number of allylic oxidation sites excluding steroid dienone is 2. The summed E-state index contributed by atoms with van der Waals surface area (Å²) in [5.41, 5.74) is -0.303. The van der Waals surface area contributed by atoms with Gasteiger partial charge in [0.15, 0.2) is 5.89 Å². The minimum Gasteiger partial charge on any atom is -0.408 e. The van der Waals surface area contributed by atoms with Crippen LogP contribution in [0, 0.1) is 6.92 Å². The van der Waals surface area contributed by atoms with Crippen LogP contribution >= 0.6 is 0 Å². The Morgan fingerprint density at radius 1 is 1.54 bits per heavy atom. The second kappa shape index (κ2) is 3.01. The predicted octanol–water partition coefficient (Wildman–Crippen LogP) is -0.136. The molecule has 1 aliphatic carbocycles. The second-order valence-corrected chi connectivity index (χ2v) is 2.85. The van der Waals surface area contributed by atoms with E-state index in [1.54, 1.807) is 6.92 Å². The Morgan fingerprint density at radius 2 is 2.38 bits per heavy atom. The van der Waals surface area contributed by atoms with Crippen molar-refractivity contribution in [2.75, 3.05) is 0 Å². The first-order chi connectivity index (χ1) is 6.27. The van der Waals surface area contributed by atoms with E-state index in [2.05, 4.69) is 4.98 Å². The maximum absolute atomic E-state index is 11.4. The number of nitrogens with zero attached hydrogens (tertiary/aromatic N) is 1. The molecular weight excluding hydrogens is 166 g/mol. The van der Waals surface area contributed by atoms with Crippen LogP contribution in [0.15, 0.2) is 21.4 Å². The van der Waals surface area contributed by atoms with Crippen LogP contribution < -0.4 is 16.2 Å². The summed E-state index contributed by atoms with van der Waals surface area (Å²) in [6.45, 7) is 1.67. The zero-order chi connectivity index (χ0) is 9.26. The normalized spacial score (nSPS) is 13.9. The topological polar surface area (TPSA) is 43.1 Å². The first-order valence-corrected chi connectivity index (χ1v) is 4.12. The first kappa shape index (κ1) is 7.98. The smallest absolute Gasteiger partial charge is 0.346 e. The van der Waals surface area contributed by atoms with Crippen LogP contribution in [-0.2, 0) is 0 Å². The molecule has 0 aromatic carbocycles. The quantitative estimate of drug-likeness (QED) is 0.551. The third-order valence-corrected chi connectivity index (χ3v) is 1.86. The Kier molecular flexibility index (Phi) is 1.85. The molecule has 1 aromatic heterocycles. The molecule has 1 aromatic rings. The van der Waals surface area contributed by atoms with Crippen molar-refractivity contribution >= 4 is 12.2 Å². The lowest BCUT2D eigenvalue weighted by Crippen LogP contribution is -2.40. The lowest BCUT2D eigenvalue weighted by atomic mass is 10.3. The molecule has 2 rings (SSSR count). The van der Waals surface area contributed by atoms with E-state index >= 15 is 0 Å². The van der Waals surface area contributed by atoms with E-state index in [1.807, 2.05) is 24.3 Å². The van der Waals surface area contributed by atoms with Crippen LogP contribution in [-0.4, -0.2) is 4.98 Å². The van der Waals surface area contributed by atoms with E-state index in [0.717, 1.165) is 6.42 Å². The largest absolute Gasteiger partial charge is 0.408 e. The van der Waals surface area contributed by atoms with E-state index in [1.165, 1.54) is 0 Å². The van der Waals surface area contributed by atoms with Gasteiger partial charge >= 0.3 is 5.63 Å². The highest BCUT2D eigenvalue weighted by atomic mass is 16.4. The van der Waals surface area contributed by atoms with Crippen molar-refractivity contribution in [2.45, 2.75) is 13.3 Å². The average molecular weight is 175 g/mol. The van der Waals surface area contributed by atoms with E-state index in [-0.39, 0.29) is 5.63 Å². The van der Waals surface area contributed by atoms with Crippen LogP contribution in [0.2, 0.25) is 0 Å². The lowest BCUT2D eigenvalue weighted by Gasteiger charge is -1.89. The minimum atomic E-state index is -0.303. The summed E-state index contributed by atoms with van der Waals surface area (Å²) in [6, 6.07) is 0. The zero-order valence-corrected chi connectivity index (χ0v) is 7.28. The molecule has 3 nitrogen and oxygen atoms in total. The molecule has 0 bridgehead atoms. The minimum absolute atomic E-state index is 0.303. The van der Waals surface area contributed by atoms with Crippen LogP contribution in [0.5, 0.6) is 0 Å². The van der Waals surface area contributed by atoms with E-state index in [9.17, 15) is 4.79 Å². The molecule has 0 spiro atoms. The van der Waals surface area contributed by atoms with Gasteiger partial charge in [-0.2, -0.15) is 0 Å². The maximum Gasteiger partial charge on any atom is 0.346 e. The van der Waals surface area contributed by atoms with Gasteiger partial charge in [-0.3, -0.25) is 0 Å². The molecule has 3 heteroatoms. The van der Waals surface area contributed by atoms with Crippen molar-refractivity contribution in [3.63, 3.8) is 0 Å². The SMILES string of the molecule is Cc1nc2c(c(=O)o1)=CCC=CC=2. The number of fused-ring (bicyclic) bond motifs is 1. The van der Waals surface area contributed by atoms with Gasteiger partial charge in [0.05, 0.1) is 10.6 Å². The third kappa shape index (κ3) is 1.45. The Balaban J connectivity index is 2.95. The number of hydrogen-bond acceptors (Lipinski definition) is 3. The Bertz CT molecular complexity index is 523. The molecule has 0 aliphatic heterocycles. The molecule has 1 heterocycles. The molecule has 0 amide bonds. The van der Waals surface area contributed by atoms with Crippen LogP contribution in [0.25, 0.3) is 12.2 Å². The van der Waals surface area contributed by atoms with E-state index in [0.29, 0.717) is 16.5 Å². The summed E-state index contributed by atoms with van der Waals surface area (Å²) < 4.78 is 4.89. The lowest BCUT2D eigenvalue weighted by molar-refractivity contribution is 0.447. The van der Waals surface area contributed by atoms with Crippen LogP contribution in [0.1, 0.15) is 12.3 Å². The summed E-state index contributed by atoms with van der Waals surface area (Å²) in [5, 5.41) is 1.26. The molecular formula is C10H9NO2. The number of rotatable bonds is 0. The number of hydrogen-bond donors (Lipinski definition) is 0. The van der Waals surface area contributed by atoms with Gasteiger partial charge < -0.3 is 4.42 Å². The summed E-state index contributed by atoms with van der Waals surface area (Å²) in [4.78, 5) is 15.5. The van der Waals surface area contributed by atoms with Crippen LogP contribution in [0.3, 0.4) is 0 Å². The van der Waals surface area contributed by atoms with Crippen LogP contribution in [0.4, 0.5) is 0 Å². The second-order valence-electron chi connectivity index (χ2n) is 2.85. The number of aromatic nitrogens is 1. The number of aryl methyl sites for hydroxylation is 1. The van der Waals surface area contributed by atoms with Crippen molar-refractivity contribution in [1.82, 2.24) is 4.98 Å². The third-order valence-electron chi connectivity index (χ3n) is 1.86. The summed E-state index contributed by atoms with van der Waals surface area (Å²) in [7, 11) is 0. The fourth-order valence-corrected chi connectivity index (χ4v) is 1.28. The summed E-state index contributed by atoms with van der Waals surface area (Å²) >= 11 is 0. The standard InChI is InChI=1S/C10H9NO2/c1-7-11-9-6-4-2-3-5-8(9)10(12)13-7/h2,4-6H,3H2,1H3. The fourth-order valence-electron chi connectivity index (χ4n) is 1.28. The maximum atomic E-state index is 11.4. The molecule has 0 radical (unpaired) electrons. The molecule has 0 atom stereocenters.